The quantitative estimate of drug-likeness (QED) is 0.826. The Morgan fingerprint density at radius 3 is 2.89 bits per heavy atom. The van der Waals surface area contributed by atoms with Gasteiger partial charge in [-0.3, -0.25) is 0 Å². The lowest BCUT2D eigenvalue weighted by Gasteiger charge is -2.11. The Bertz CT molecular complexity index is 538. The summed E-state index contributed by atoms with van der Waals surface area (Å²) in [6.45, 7) is 0.718. The smallest absolute Gasteiger partial charge is 0.135 e. The number of benzene rings is 1. The molecule has 0 aliphatic heterocycles. The molecule has 0 bridgehead atoms. The van der Waals surface area contributed by atoms with Crippen molar-refractivity contribution in [3.8, 4) is 0 Å². The maximum absolute atomic E-state index is 13.6. The Balaban J connectivity index is 2.05. The first kappa shape index (κ1) is 13.0. The molecule has 1 aromatic heterocycles. The van der Waals surface area contributed by atoms with Crippen molar-refractivity contribution in [1.29, 1.82) is 0 Å². The first-order valence-electron chi connectivity index (χ1n) is 5.51. The lowest BCUT2D eigenvalue weighted by atomic mass is 10.1. The van der Waals surface area contributed by atoms with E-state index in [4.69, 9.17) is 18.0 Å². The summed E-state index contributed by atoms with van der Waals surface area (Å²) in [6, 6.07) is 6.86. The van der Waals surface area contributed by atoms with Crippen molar-refractivity contribution in [3.63, 3.8) is 0 Å². The van der Waals surface area contributed by atoms with Gasteiger partial charge in [-0.1, -0.05) is 18.3 Å². The van der Waals surface area contributed by atoms with E-state index < -0.39 is 0 Å². The van der Waals surface area contributed by atoms with Crippen LogP contribution in [0.4, 0.5) is 10.1 Å². The third-order valence-electron chi connectivity index (χ3n) is 2.57. The maximum Gasteiger partial charge on any atom is 0.135 e. The molecule has 5 heteroatoms. The molecule has 0 radical (unpaired) electrons. The summed E-state index contributed by atoms with van der Waals surface area (Å²) in [4.78, 5) is 0.0751. The average molecular weight is 280 g/mol. The van der Waals surface area contributed by atoms with E-state index in [-0.39, 0.29) is 16.4 Å². The fourth-order valence-corrected chi connectivity index (χ4v) is 2.61. The van der Waals surface area contributed by atoms with Crippen molar-refractivity contribution in [2.24, 2.45) is 5.73 Å². The number of nitrogens with one attached hydrogen (secondary N) is 1. The van der Waals surface area contributed by atoms with Gasteiger partial charge in [0.2, 0.25) is 0 Å². The van der Waals surface area contributed by atoms with Gasteiger partial charge in [0, 0.05) is 12.2 Å². The number of anilines is 1. The summed E-state index contributed by atoms with van der Waals surface area (Å²) in [5.41, 5.74) is 7.74. The van der Waals surface area contributed by atoms with E-state index >= 15 is 0 Å². The van der Waals surface area contributed by atoms with Crippen LogP contribution in [0.5, 0.6) is 0 Å². The molecular weight excluding hydrogens is 267 g/mol. The minimum atomic E-state index is -0.386. The van der Waals surface area contributed by atoms with E-state index in [9.17, 15) is 4.39 Å². The third-order valence-corrected chi connectivity index (χ3v) is 3.51. The van der Waals surface area contributed by atoms with E-state index in [2.05, 4.69) is 16.8 Å². The molecule has 2 nitrogen and oxygen atoms in total. The molecular formula is C13H13FN2S2. The third kappa shape index (κ3) is 3.05. The van der Waals surface area contributed by atoms with Gasteiger partial charge in [-0.2, -0.15) is 11.3 Å². The van der Waals surface area contributed by atoms with Crippen LogP contribution in [-0.4, -0.2) is 11.5 Å². The van der Waals surface area contributed by atoms with Gasteiger partial charge in [-0.25, -0.2) is 4.39 Å². The average Bonchev–Trinajstić information content (AvgIpc) is 2.81. The van der Waals surface area contributed by atoms with Gasteiger partial charge in [-0.15, -0.1) is 0 Å². The number of thiophene rings is 1. The summed E-state index contributed by atoms with van der Waals surface area (Å²) in [5, 5.41) is 7.31. The number of thiocarbonyl (C=S) groups is 1. The van der Waals surface area contributed by atoms with E-state index in [1.165, 1.54) is 11.6 Å². The molecule has 0 saturated heterocycles. The Kier molecular flexibility index (Phi) is 4.28. The molecule has 1 heterocycles. The fourth-order valence-electron chi connectivity index (χ4n) is 1.70. The second kappa shape index (κ2) is 5.93. The summed E-state index contributed by atoms with van der Waals surface area (Å²) >= 11 is 6.53. The standard InChI is InChI=1S/C13H13FN2S2/c14-10-2-1-3-11(12(10)13(15)17)16-6-4-9-5-7-18-8-9/h1-3,5,7-8,16H,4,6H2,(H2,15,17). The zero-order valence-electron chi connectivity index (χ0n) is 9.65. The number of hydrogen-bond acceptors (Lipinski definition) is 3. The zero-order valence-corrected chi connectivity index (χ0v) is 11.3. The SMILES string of the molecule is NC(=S)c1c(F)cccc1NCCc1ccsc1. The molecule has 2 rings (SSSR count). The van der Waals surface area contributed by atoms with Crippen molar-refractivity contribution < 1.29 is 4.39 Å². The van der Waals surface area contributed by atoms with Gasteiger partial charge in [0.25, 0.3) is 0 Å². The van der Waals surface area contributed by atoms with Crippen LogP contribution in [-0.2, 0) is 6.42 Å². The van der Waals surface area contributed by atoms with Crippen LogP contribution in [0.15, 0.2) is 35.0 Å². The van der Waals surface area contributed by atoms with Crippen molar-refractivity contribution in [1.82, 2.24) is 0 Å². The molecule has 0 amide bonds. The van der Waals surface area contributed by atoms with Gasteiger partial charge in [-0.05, 0) is 40.9 Å². The fraction of sp³-hybridized carbons (Fsp3) is 0.154. The predicted molar refractivity (Wildman–Crippen MR) is 78.8 cm³/mol. The molecule has 0 fully saturated rings. The highest BCUT2D eigenvalue weighted by Crippen LogP contribution is 2.19. The van der Waals surface area contributed by atoms with Crippen LogP contribution in [0.2, 0.25) is 0 Å². The van der Waals surface area contributed by atoms with Crippen LogP contribution in [0.1, 0.15) is 11.1 Å². The van der Waals surface area contributed by atoms with Crippen molar-refractivity contribution in [2.45, 2.75) is 6.42 Å². The van der Waals surface area contributed by atoms with Crippen LogP contribution >= 0.6 is 23.6 Å². The summed E-state index contributed by atoms with van der Waals surface area (Å²) < 4.78 is 13.6. The molecule has 0 atom stereocenters. The van der Waals surface area contributed by atoms with Crippen molar-refractivity contribution in [2.75, 3.05) is 11.9 Å². The van der Waals surface area contributed by atoms with E-state index in [1.807, 2.05) is 5.38 Å². The van der Waals surface area contributed by atoms with E-state index in [0.717, 1.165) is 13.0 Å². The lowest BCUT2D eigenvalue weighted by Crippen LogP contribution is -2.16. The predicted octanol–water partition coefficient (Wildman–Crippen LogP) is 3.18. The molecule has 94 valence electrons. The second-order valence-corrected chi connectivity index (χ2v) is 5.05. The minimum Gasteiger partial charge on any atom is -0.389 e. The molecule has 18 heavy (non-hydrogen) atoms. The molecule has 0 spiro atoms. The van der Waals surface area contributed by atoms with Crippen molar-refractivity contribution >= 4 is 34.2 Å². The first-order chi connectivity index (χ1) is 8.68. The summed E-state index contributed by atoms with van der Waals surface area (Å²) in [7, 11) is 0. The Morgan fingerprint density at radius 2 is 2.22 bits per heavy atom. The van der Waals surface area contributed by atoms with Crippen LogP contribution in [0.3, 0.4) is 0 Å². The Labute approximate surface area is 115 Å². The summed E-state index contributed by atoms with van der Waals surface area (Å²) in [5.74, 6) is -0.386. The van der Waals surface area contributed by atoms with Crippen molar-refractivity contribution in [3.05, 3.63) is 52.0 Å². The van der Waals surface area contributed by atoms with Gasteiger partial charge in [0.05, 0.1) is 5.56 Å². The normalized spacial score (nSPS) is 10.3. The monoisotopic (exact) mass is 280 g/mol. The first-order valence-corrected chi connectivity index (χ1v) is 6.87. The second-order valence-electron chi connectivity index (χ2n) is 3.84. The molecule has 3 N–H and O–H groups in total. The number of rotatable bonds is 5. The van der Waals surface area contributed by atoms with Gasteiger partial charge in [0.15, 0.2) is 0 Å². The number of halogens is 1. The molecule has 0 unspecified atom stereocenters. The topological polar surface area (TPSA) is 38.0 Å². The zero-order chi connectivity index (χ0) is 13.0. The highest BCUT2D eigenvalue weighted by Gasteiger charge is 2.10. The van der Waals surface area contributed by atoms with Gasteiger partial charge in [0.1, 0.15) is 10.8 Å². The van der Waals surface area contributed by atoms with Gasteiger partial charge < -0.3 is 11.1 Å². The lowest BCUT2D eigenvalue weighted by molar-refractivity contribution is 0.626. The highest BCUT2D eigenvalue weighted by molar-refractivity contribution is 7.80. The largest absolute Gasteiger partial charge is 0.389 e. The van der Waals surface area contributed by atoms with Crippen LogP contribution in [0, 0.1) is 5.82 Å². The number of nitrogens with two attached hydrogens (primary N) is 1. The van der Waals surface area contributed by atoms with Crippen LogP contribution in [0.25, 0.3) is 0 Å². The molecule has 0 saturated carbocycles. The molecule has 1 aromatic carbocycles. The minimum absolute atomic E-state index is 0.0751. The van der Waals surface area contributed by atoms with E-state index in [1.54, 1.807) is 23.5 Å². The molecule has 2 aromatic rings. The Morgan fingerprint density at radius 1 is 1.39 bits per heavy atom. The number of hydrogen-bond donors (Lipinski definition) is 2. The maximum atomic E-state index is 13.6. The Hall–Kier alpha value is -1.46. The van der Waals surface area contributed by atoms with E-state index in [0.29, 0.717) is 5.69 Å². The van der Waals surface area contributed by atoms with Gasteiger partial charge >= 0.3 is 0 Å². The summed E-state index contributed by atoms with van der Waals surface area (Å²) in [6.07, 6.45) is 0.886. The highest BCUT2D eigenvalue weighted by atomic mass is 32.1. The molecule has 0 aliphatic carbocycles. The molecule has 0 aliphatic rings. The van der Waals surface area contributed by atoms with Crippen LogP contribution < -0.4 is 11.1 Å².